The van der Waals surface area contributed by atoms with Gasteiger partial charge in [0, 0.05) is 5.69 Å². The lowest BCUT2D eigenvalue weighted by molar-refractivity contribution is 0.364. The lowest BCUT2D eigenvalue weighted by Crippen LogP contribution is -2.20. The molecule has 0 bridgehead atoms. The van der Waals surface area contributed by atoms with Crippen LogP contribution in [0.1, 0.15) is 0 Å². The number of benzene rings is 1. The van der Waals surface area contributed by atoms with Crippen molar-refractivity contribution in [2.24, 2.45) is 5.73 Å². The number of hydrogen-bond donors (Lipinski definition) is 3. The molecule has 0 aliphatic carbocycles. The molecule has 0 aromatic heterocycles. The molecule has 0 radical (unpaired) electrons. The van der Waals surface area contributed by atoms with Crippen LogP contribution in [-0.2, 0) is 0 Å². The van der Waals surface area contributed by atoms with E-state index < -0.39 is 21.1 Å². The summed E-state index contributed by atoms with van der Waals surface area (Å²) < 4.78 is 61.3. The van der Waals surface area contributed by atoms with Gasteiger partial charge in [-0.25, -0.2) is 0 Å². The van der Waals surface area contributed by atoms with Crippen molar-refractivity contribution >= 4 is 21.9 Å². The van der Waals surface area contributed by atoms with Gasteiger partial charge < -0.3 is 11.1 Å². The highest BCUT2D eigenvalue weighted by Gasteiger charge is 2.65. The predicted molar refractivity (Wildman–Crippen MR) is 53.4 cm³/mol. The summed E-state index contributed by atoms with van der Waals surface area (Å²) in [6.07, 6.45) is 0. The molecule has 0 amide bonds. The maximum Gasteiger partial charge on any atom is 0.310 e. The van der Waals surface area contributed by atoms with E-state index in [-0.39, 0.29) is 17.8 Å². The number of hydrogen-bond acceptors (Lipinski definition) is 1. The van der Waals surface area contributed by atoms with E-state index in [1.54, 1.807) is 0 Å². The highest BCUT2D eigenvalue weighted by Crippen LogP contribution is 3.02. The largest absolute Gasteiger partial charge is 0.370 e. The van der Waals surface area contributed by atoms with Gasteiger partial charge >= 0.3 is 10.2 Å². The average molecular weight is 261 g/mol. The third kappa shape index (κ3) is 3.26. The molecule has 1 aromatic carbocycles. The van der Waals surface area contributed by atoms with E-state index in [1.807, 2.05) is 0 Å². The molecule has 0 aliphatic heterocycles. The summed E-state index contributed by atoms with van der Waals surface area (Å²) in [6.45, 7) is 0. The van der Waals surface area contributed by atoms with E-state index in [2.05, 4.69) is 5.32 Å². The maximum absolute atomic E-state index is 12.3. The van der Waals surface area contributed by atoms with Crippen LogP contribution < -0.4 is 11.1 Å². The zero-order chi connectivity index (χ0) is 12.7. The molecule has 0 saturated heterocycles. The van der Waals surface area contributed by atoms with Gasteiger partial charge in [0.15, 0.2) is 5.96 Å². The molecule has 92 valence electrons. The van der Waals surface area contributed by atoms with Crippen molar-refractivity contribution in [1.82, 2.24) is 0 Å². The zero-order valence-corrected chi connectivity index (χ0v) is 8.50. The van der Waals surface area contributed by atoms with E-state index in [0.717, 1.165) is 12.1 Å². The molecule has 0 atom stereocenters. The molecule has 0 spiro atoms. The Kier molecular flexibility index (Phi) is 2.19. The number of rotatable bonds is 2. The predicted octanol–water partition coefficient (Wildman–Crippen LogP) is 3.65. The molecule has 16 heavy (non-hydrogen) atoms. The lowest BCUT2D eigenvalue weighted by atomic mass is 10.3. The van der Waals surface area contributed by atoms with Crippen molar-refractivity contribution in [3.63, 3.8) is 0 Å². The van der Waals surface area contributed by atoms with Gasteiger partial charge in [0.2, 0.25) is 0 Å². The van der Waals surface area contributed by atoms with Crippen molar-refractivity contribution in [2.45, 2.75) is 4.90 Å². The molecule has 0 heterocycles. The van der Waals surface area contributed by atoms with Gasteiger partial charge in [-0.2, -0.15) is 0 Å². The molecular weight excluding hydrogens is 253 g/mol. The number of halogens is 5. The van der Waals surface area contributed by atoms with Gasteiger partial charge in [0.05, 0.1) is 0 Å². The number of nitrogens with one attached hydrogen (secondary N) is 2. The molecule has 0 aliphatic rings. The van der Waals surface area contributed by atoms with E-state index in [1.165, 1.54) is 0 Å². The smallest absolute Gasteiger partial charge is 0.310 e. The van der Waals surface area contributed by atoms with Gasteiger partial charge in [-0.15, -0.1) is 0 Å². The van der Waals surface area contributed by atoms with Crippen LogP contribution in [-0.4, -0.2) is 5.96 Å². The lowest BCUT2D eigenvalue weighted by Gasteiger charge is -2.40. The Labute approximate surface area is 87.7 Å². The number of nitrogens with two attached hydrogens (primary N) is 1. The Hall–Kier alpha value is -1.51. The van der Waals surface area contributed by atoms with Crippen LogP contribution in [0.25, 0.3) is 0 Å². The van der Waals surface area contributed by atoms with E-state index >= 15 is 0 Å². The molecule has 1 aromatic rings. The van der Waals surface area contributed by atoms with Crippen LogP contribution in [0.15, 0.2) is 29.2 Å². The third-order valence-electron chi connectivity index (χ3n) is 1.58. The van der Waals surface area contributed by atoms with Crippen LogP contribution in [0.5, 0.6) is 0 Å². The quantitative estimate of drug-likeness (QED) is 0.432. The average Bonchev–Trinajstić information content (AvgIpc) is 1.99. The van der Waals surface area contributed by atoms with Crippen molar-refractivity contribution in [3.05, 3.63) is 24.3 Å². The Balaban J connectivity index is 3.11. The molecule has 9 heteroatoms. The minimum absolute atomic E-state index is 0.0260. The van der Waals surface area contributed by atoms with Gasteiger partial charge in [-0.3, -0.25) is 5.41 Å². The summed E-state index contributed by atoms with van der Waals surface area (Å²) in [5.41, 5.74) is 4.94. The minimum atomic E-state index is -9.61. The molecule has 3 nitrogen and oxygen atoms in total. The topological polar surface area (TPSA) is 61.9 Å². The van der Waals surface area contributed by atoms with Gasteiger partial charge in [-0.1, -0.05) is 19.4 Å². The Morgan fingerprint density at radius 2 is 1.50 bits per heavy atom. The first kappa shape index (κ1) is 12.6. The summed E-state index contributed by atoms with van der Waals surface area (Å²) in [4.78, 5) is -1.98. The minimum Gasteiger partial charge on any atom is -0.370 e. The van der Waals surface area contributed by atoms with Crippen LogP contribution in [0.2, 0.25) is 0 Å². The number of anilines is 1. The monoisotopic (exact) mass is 261 g/mol. The van der Waals surface area contributed by atoms with Crippen LogP contribution in [0.3, 0.4) is 0 Å². The van der Waals surface area contributed by atoms with Crippen LogP contribution in [0, 0.1) is 5.41 Å². The fourth-order valence-electron chi connectivity index (χ4n) is 0.951. The van der Waals surface area contributed by atoms with Gasteiger partial charge in [-0.05, 0) is 24.3 Å². The highest BCUT2D eigenvalue weighted by molar-refractivity contribution is 8.45. The second-order valence-corrected chi connectivity index (χ2v) is 5.44. The second-order valence-electron chi connectivity index (χ2n) is 3.03. The van der Waals surface area contributed by atoms with E-state index in [4.69, 9.17) is 11.1 Å². The van der Waals surface area contributed by atoms with Gasteiger partial charge in [0.1, 0.15) is 4.90 Å². The molecular formula is C7H8F5N3S. The summed E-state index contributed by atoms with van der Waals surface area (Å²) in [5, 5.41) is 8.96. The molecule has 4 N–H and O–H groups in total. The second kappa shape index (κ2) is 2.78. The van der Waals surface area contributed by atoms with Crippen molar-refractivity contribution in [2.75, 3.05) is 5.32 Å². The van der Waals surface area contributed by atoms with Crippen LogP contribution >= 0.6 is 10.2 Å². The normalized spacial score (nSPS) is 16.1. The molecule has 0 fully saturated rings. The van der Waals surface area contributed by atoms with Crippen molar-refractivity contribution in [1.29, 1.82) is 5.41 Å². The molecule has 0 saturated carbocycles. The molecule has 1 rings (SSSR count). The van der Waals surface area contributed by atoms with Crippen LogP contribution in [0.4, 0.5) is 25.1 Å². The highest BCUT2D eigenvalue weighted by atomic mass is 32.5. The van der Waals surface area contributed by atoms with Crippen molar-refractivity contribution in [3.8, 4) is 0 Å². The fraction of sp³-hybridized carbons (Fsp3) is 0. The maximum atomic E-state index is 12.3. The third-order valence-corrected chi connectivity index (χ3v) is 2.74. The van der Waals surface area contributed by atoms with E-state index in [9.17, 15) is 19.4 Å². The summed E-state index contributed by atoms with van der Waals surface area (Å²) in [7, 11) is -9.61. The summed E-state index contributed by atoms with van der Waals surface area (Å²) >= 11 is 0. The van der Waals surface area contributed by atoms with E-state index in [0.29, 0.717) is 0 Å². The Morgan fingerprint density at radius 1 is 1.06 bits per heavy atom. The fourth-order valence-corrected chi connectivity index (χ4v) is 1.60. The first-order chi connectivity index (χ1) is 6.88. The number of guanidine groups is 1. The Morgan fingerprint density at radius 3 is 1.81 bits per heavy atom. The molecule has 0 unspecified atom stereocenters. The van der Waals surface area contributed by atoms with Gasteiger partial charge in [0.25, 0.3) is 0 Å². The zero-order valence-electron chi connectivity index (χ0n) is 7.68. The van der Waals surface area contributed by atoms with Crippen molar-refractivity contribution < 1.29 is 19.4 Å². The first-order valence-corrected chi connectivity index (χ1v) is 5.79. The first-order valence-electron chi connectivity index (χ1n) is 3.84. The summed E-state index contributed by atoms with van der Waals surface area (Å²) in [6, 6.07) is 2.03. The SMILES string of the molecule is N=C(N)Nc1ccc(S(F)(F)(F)(F)F)cc1. The Bertz CT molecular complexity index is 423. The standard InChI is InChI=1S/C7H8F5N3S/c8-16(9,10,11,12)6-3-1-5(2-4-6)15-7(13)14/h1-4H,(H4,13,14,15). The summed E-state index contributed by atoms with van der Waals surface area (Å²) in [5.74, 6) is -0.500.